The van der Waals surface area contributed by atoms with Crippen molar-refractivity contribution in [2.45, 2.75) is 19.3 Å². The van der Waals surface area contributed by atoms with Crippen LogP contribution in [-0.4, -0.2) is 47.2 Å². The number of nitrogens with zero attached hydrogens (tertiary/aromatic N) is 1. The van der Waals surface area contributed by atoms with Crippen molar-refractivity contribution in [3.63, 3.8) is 0 Å². The summed E-state index contributed by atoms with van der Waals surface area (Å²) >= 11 is 0. The first kappa shape index (κ1) is 18.8. The first-order valence-electron chi connectivity index (χ1n) is 8.97. The zero-order valence-electron chi connectivity index (χ0n) is 15.2. The lowest BCUT2D eigenvalue weighted by atomic mass is 9.87. The van der Waals surface area contributed by atoms with Gasteiger partial charge in [-0.15, -0.1) is 0 Å². The number of carbonyl (C=O) groups is 2. The molecule has 1 heterocycles. The Morgan fingerprint density at radius 3 is 2.41 bits per heavy atom. The number of carboxylic acids is 1. The Bertz CT molecular complexity index is 826. The Balaban J connectivity index is 1.68. The van der Waals surface area contributed by atoms with Gasteiger partial charge in [-0.1, -0.05) is 18.2 Å². The first-order valence-corrected chi connectivity index (χ1v) is 8.97. The van der Waals surface area contributed by atoms with E-state index in [1.165, 1.54) is 13.2 Å². The van der Waals surface area contributed by atoms with Crippen molar-refractivity contribution in [1.82, 2.24) is 4.90 Å². The van der Waals surface area contributed by atoms with Crippen molar-refractivity contribution in [3.8, 4) is 11.5 Å². The third-order valence-corrected chi connectivity index (χ3v) is 5.05. The highest BCUT2D eigenvalue weighted by molar-refractivity contribution is 5.94. The lowest BCUT2D eigenvalue weighted by molar-refractivity contribution is 0.0690. The fourth-order valence-corrected chi connectivity index (χ4v) is 3.60. The molecule has 3 rings (SSSR count). The first-order chi connectivity index (χ1) is 13.0. The Kier molecular flexibility index (Phi) is 5.64. The van der Waals surface area contributed by atoms with Crippen LogP contribution in [0.3, 0.4) is 0 Å². The molecule has 6 nitrogen and oxygen atoms in total. The fourth-order valence-electron chi connectivity index (χ4n) is 3.60. The molecule has 0 aromatic heterocycles. The summed E-state index contributed by atoms with van der Waals surface area (Å²) in [5, 5.41) is 19.5. The number of aromatic hydroxyl groups is 1. The van der Waals surface area contributed by atoms with Crippen LogP contribution in [0.2, 0.25) is 0 Å². The summed E-state index contributed by atoms with van der Waals surface area (Å²) < 4.78 is 5.15. The summed E-state index contributed by atoms with van der Waals surface area (Å²) in [4.78, 5) is 25.9. The third kappa shape index (κ3) is 4.22. The van der Waals surface area contributed by atoms with E-state index in [1.54, 1.807) is 6.07 Å². The van der Waals surface area contributed by atoms with Crippen molar-refractivity contribution in [2.24, 2.45) is 5.92 Å². The molecule has 0 saturated carbocycles. The number of piperidine rings is 1. The number of phenols is 1. The zero-order chi connectivity index (χ0) is 19.4. The minimum absolute atomic E-state index is 0.0271. The Morgan fingerprint density at radius 1 is 1.15 bits per heavy atom. The van der Waals surface area contributed by atoms with Gasteiger partial charge >= 0.3 is 5.97 Å². The quantitative estimate of drug-likeness (QED) is 0.845. The lowest BCUT2D eigenvalue weighted by Crippen LogP contribution is -2.39. The molecule has 27 heavy (non-hydrogen) atoms. The van der Waals surface area contributed by atoms with Crippen LogP contribution in [0.4, 0.5) is 0 Å². The van der Waals surface area contributed by atoms with E-state index in [-0.39, 0.29) is 23.1 Å². The van der Waals surface area contributed by atoms with E-state index < -0.39 is 5.97 Å². The molecule has 0 bridgehead atoms. The van der Waals surface area contributed by atoms with Gasteiger partial charge in [-0.3, -0.25) is 4.79 Å². The van der Waals surface area contributed by atoms with E-state index in [1.807, 2.05) is 35.2 Å². The van der Waals surface area contributed by atoms with Gasteiger partial charge in [0.1, 0.15) is 17.1 Å². The van der Waals surface area contributed by atoms with E-state index in [0.29, 0.717) is 36.4 Å². The summed E-state index contributed by atoms with van der Waals surface area (Å²) in [6, 6.07) is 12.2. The van der Waals surface area contributed by atoms with Gasteiger partial charge in [-0.2, -0.15) is 0 Å². The average molecular weight is 369 g/mol. The number of rotatable bonds is 5. The summed E-state index contributed by atoms with van der Waals surface area (Å²) in [6.07, 6.45) is 2.10. The monoisotopic (exact) mass is 369 g/mol. The molecule has 0 aliphatic carbocycles. The van der Waals surface area contributed by atoms with Crippen LogP contribution in [0.5, 0.6) is 11.5 Å². The molecule has 1 aliphatic rings. The number of aromatic carboxylic acids is 1. The van der Waals surface area contributed by atoms with Gasteiger partial charge in [0.05, 0.1) is 7.11 Å². The Hall–Kier alpha value is -3.02. The van der Waals surface area contributed by atoms with Crippen LogP contribution in [0, 0.1) is 5.92 Å². The average Bonchev–Trinajstić information content (AvgIpc) is 2.68. The fraction of sp³-hybridized carbons (Fsp3) is 0.333. The second kappa shape index (κ2) is 8.12. The van der Waals surface area contributed by atoms with Gasteiger partial charge in [0.25, 0.3) is 5.91 Å². The zero-order valence-corrected chi connectivity index (χ0v) is 15.2. The highest BCUT2D eigenvalue weighted by Crippen LogP contribution is 2.32. The van der Waals surface area contributed by atoms with Crippen molar-refractivity contribution < 1.29 is 24.5 Å². The van der Waals surface area contributed by atoms with Crippen molar-refractivity contribution >= 4 is 11.9 Å². The lowest BCUT2D eigenvalue weighted by Gasteiger charge is -2.32. The smallest absolute Gasteiger partial charge is 0.339 e. The van der Waals surface area contributed by atoms with E-state index in [9.17, 15) is 19.8 Å². The maximum Gasteiger partial charge on any atom is 0.339 e. The number of methoxy groups -OCH3 is 1. The third-order valence-electron chi connectivity index (χ3n) is 5.05. The number of benzene rings is 2. The molecular weight excluding hydrogens is 346 g/mol. The van der Waals surface area contributed by atoms with Crippen LogP contribution in [0.1, 0.15) is 39.1 Å². The number of amides is 1. The molecule has 2 aromatic rings. The van der Waals surface area contributed by atoms with Gasteiger partial charge in [0.15, 0.2) is 0 Å². The molecule has 0 atom stereocenters. The predicted octanol–water partition coefficient (Wildman–Crippen LogP) is 3.19. The topological polar surface area (TPSA) is 87.1 Å². The van der Waals surface area contributed by atoms with Crippen LogP contribution < -0.4 is 4.74 Å². The summed E-state index contributed by atoms with van der Waals surface area (Å²) in [6.45, 7) is 1.27. The molecule has 2 aromatic carbocycles. The molecule has 1 amide bonds. The van der Waals surface area contributed by atoms with Gasteiger partial charge in [0.2, 0.25) is 0 Å². The minimum atomic E-state index is -1.15. The maximum atomic E-state index is 12.5. The SMILES string of the molecule is COc1cc(O)c(C(=O)O)c(CC2CCN(C(=O)c3ccccc3)CC2)c1. The second-order valence-corrected chi connectivity index (χ2v) is 6.79. The molecule has 1 saturated heterocycles. The van der Waals surface area contributed by atoms with Crippen LogP contribution in [0.15, 0.2) is 42.5 Å². The second-order valence-electron chi connectivity index (χ2n) is 6.79. The number of likely N-dealkylation sites (tertiary alicyclic amines) is 1. The molecule has 6 heteroatoms. The number of carbonyl (C=O) groups excluding carboxylic acids is 1. The Labute approximate surface area is 158 Å². The number of hydrogen-bond donors (Lipinski definition) is 2. The van der Waals surface area contributed by atoms with Crippen molar-refractivity contribution in [1.29, 1.82) is 0 Å². The van der Waals surface area contributed by atoms with Gasteiger partial charge in [-0.25, -0.2) is 4.79 Å². The molecule has 142 valence electrons. The van der Waals surface area contributed by atoms with E-state index >= 15 is 0 Å². The minimum Gasteiger partial charge on any atom is -0.507 e. The van der Waals surface area contributed by atoms with E-state index in [2.05, 4.69) is 0 Å². The molecule has 2 N–H and O–H groups in total. The standard InChI is InChI=1S/C21H23NO5/c1-27-17-12-16(19(21(25)26)18(23)13-17)11-14-7-9-22(10-8-14)20(24)15-5-3-2-4-6-15/h2-6,12-14,23H,7-11H2,1H3,(H,25,26). The van der Waals surface area contributed by atoms with Crippen LogP contribution in [0.25, 0.3) is 0 Å². The molecule has 0 spiro atoms. The van der Waals surface area contributed by atoms with Crippen LogP contribution >= 0.6 is 0 Å². The summed E-state index contributed by atoms with van der Waals surface area (Å²) in [7, 11) is 1.48. The van der Waals surface area contributed by atoms with Crippen molar-refractivity contribution in [3.05, 3.63) is 59.2 Å². The van der Waals surface area contributed by atoms with Crippen LogP contribution in [-0.2, 0) is 6.42 Å². The Morgan fingerprint density at radius 2 is 1.81 bits per heavy atom. The molecule has 1 aliphatic heterocycles. The maximum absolute atomic E-state index is 12.5. The molecular formula is C21H23NO5. The number of hydrogen-bond acceptors (Lipinski definition) is 4. The number of ether oxygens (including phenoxy) is 1. The molecule has 1 fully saturated rings. The summed E-state index contributed by atoms with van der Waals surface area (Å²) in [5.74, 6) is -0.728. The molecule has 0 unspecified atom stereocenters. The van der Waals surface area contributed by atoms with E-state index in [0.717, 1.165) is 12.8 Å². The summed E-state index contributed by atoms with van der Waals surface area (Å²) in [5.41, 5.74) is 1.17. The highest BCUT2D eigenvalue weighted by atomic mass is 16.5. The predicted molar refractivity (Wildman–Crippen MR) is 100 cm³/mol. The highest BCUT2D eigenvalue weighted by Gasteiger charge is 2.26. The van der Waals surface area contributed by atoms with Crippen molar-refractivity contribution in [2.75, 3.05) is 20.2 Å². The van der Waals surface area contributed by atoms with E-state index in [4.69, 9.17) is 4.74 Å². The molecule has 0 radical (unpaired) electrons. The van der Waals surface area contributed by atoms with Gasteiger partial charge in [0, 0.05) is 24.7 Å². The number of carboxylic acid groups (broad SMARTS) is 1. The largest absolute Gasteiger partial charge is 0.507 e. The van der Waals surface area contributed by atoms with Gasteiger partial charge in [-0.05, 0) is 48.9 Å². The van der Waals surface area contributed by atoms with Gasteiger partial charge < -0.3 is 19.8 Å². The normalized spacial score (nSPS) is 14.8.